The van der Waals surface area contributed by atoms with E-state index in [0.29, 0.717) is 17.4 Å². The smallest absolute Gasteiger partial charge is 0.308 e. The Bertz CT molecular complexity index is 854. The Morgan fingerprint density at radius 1 is 1.23 bits per heavy atom. The molecule has 0 unspecified atom stereocenters. The molecule has 3 aliphatic carbocycles. The van der Waals surface area contributed by atoms with E-state index >= 15 is 0 Å². The van der Waals surface area contributed by atoms with Crippen LogP contribution in [0.4, 0.5) is 0 Å². The van der Waals surface area contributed by atoms with Crippen LogP contribution in [0.5, 0.6) is 0 Å². The summed E-state index contributed by atoms with van der Waals surface area (Å²) in [6, 6.07) is 6.67. The number of aromatic nitrogens is 3. The third kappa shape index (κ3) is 2.56. The molecule has 5 rings (SSSR count). The number of aryl methyl sites for hydroxylation is 1. The van der Waals surface area contributed by atoms with Crippen molar-refractivity contribution in [1.82, 2.24) is 14.8 Å². The van der Waals surface area contributed by atoms with E-state index in [-0.39, 0.29) is 11.9 Å². The zero-order valence-electron chi connectivity index (χ0n) is 15.4. The molecule has 3 aliphatic rings. The predicted molar refractivity (Wildman–Crippen MR) is 97.6 cm³/mol. The summed E-state index contributed by atoms with van der Waals surface area (Å²) in [5.41, 5.74) is 4.88. The molecule has 3 fully saturated rings. The molecule has 3 saturated carbocycles. The lowest BCUT2D eigenvalue weighted by Crippen LogP contribution is -2.50. The lowest BCUT2D eigenvalue weighted by molar-refractivity contribution is -0.161. The van der Waals surface area contributed by atoms with Crippen molar-refractivity contribution in [3.63, 3.8) is 0 Å². The molecule has 0 aromatic carbocycles. The van der Waals surface area contributed by atoms with Gasteiger partial charge in [0.05, 0.1) is 30.5 Å². The van der Waals surface area contributed by atoms with Gasteiger partial charge in [0, 0.05) is 23.4 Å². The molecule has 2 aromatic rings. The quantitative estimate of drug-likeness (QED) is 0.780. The largest absolute Gasteiger partial charge is 0.469 e. The first-order valence-electron chi connectivity index (χ1n) is 9.68. The van der Waals surface area contributed by atoms with Crippen molar-refractivity contribution in [1.29, 1.82) is 0 Å². The maximum Gasteiger partial charge on any atom is 0.308 e. The van der Waals surface area contributed by atoms with E-state index in [1.165, 1.54) is 31.2 Å². The number of esters is 1. The Balaban J connectivity index is 1.34. The molecule has 5 heteroatoms. The summed E-state index contributed by atoms with van der Waals surface area (Å²) < 4.78 is 7.06. The molecule has 0 bridgehead atoms. The second-order valence-corrected chi connectivity index (χ2v) is 8.54. The van der Waals surface area contributed by atoms with Gasteiger partial charge in [0.15, 0.2) is 0 Å². The number of carbonyl (C=O) groups excluding carboxylic acids is 1. The number of ether oxygens (including phenoxy) is 1. The molecule has 0 aliphatic heterocycles. The van der Waals surface area contributed by atoms with Crippen LogP contribution in [0, 0.1) is 18.3 Å². The molecule has 0 N–H and O–H groups in total. The van der Waals surface area contributed by atoms with Crippen LogP contribution in [-0.2, 0) is 9.53 Å². The number of pyridine rings is 1. The van der Waals surface area contributed by atoms with Gasteiger partial charge in [-0.05, 0) is 63.0 Å². The Hall–Kier alpha value is -2.17. The molecule has 0 saturated heterocycles. The highest BCUT2D eigenvalue weighted by Gasteiger charge is 2.56. The molecule has 0 amide bonds. The number of carbonyl (C=O) groups is 1. The third-order valence-electron chi connectivity index (χ3n) is 6.49. The fourth-order valence-electron chi connectivity index (χ4n) is 4.92. The molecule has 2 aromatic heterocycles. The third-order valence-corrected chi connectivity index (χ3v) is 6.49. The van der Waals surface area contributed by atoms with Crippen molar-refractivity contribution in [2.45, 2.75) is 57.4 Å². The average molecular weight is 351 g/mol. The van der Waals surface area contributed by atoms with E-state index in [4.69, 9.17) is 14.8 Å². The lowest BCUT2D eigenvalue weighted by atomic mass is 9.50. The molecule has 2 heterocycles. The molecule has 1 spiro atoms. The number of methoxy groups -OCH3 is 1. The van der Waals surface area contributed by atoms with Crippen molar-refractivity contribution in [3.05, 3.63) is 35.8 Å². The molecule has 5 nitrogen and oxygen atoms in total. The maximum absolute atomic E-state index is 11.6. The first kappa shape index (κ1) is 16.0. The summed E-state index contributed by atoms with van der Waals surface area (Å²) in [6.07, 6.45) is 8.93. The lowest BCUT2D eigenvalue weighted by Gasteiger charge is -2.56. The molecule has 136 valence electrons. The van der Waals surface area contributed by atoms with Crippen LogP contribution in [-0.4, -0.2) is 27.8 Å². The maximum atomic E-state index is 11.6. The van der Waals surface area contributed by atoms with Crippen LogP contribution < -0.4 is 0 Å². The monoisotopic (exact) mass is 351 g/mol. The molecule has 0 radical (unpaired) electrons. The summed E-state index contributed by atoms with van der Waals surface area (Å²) in [5.74, 6) is 0.685. The van der Waals surface area contributed by atoms with Gasteiger partial charge in [0.1, 0.15) is 0 Å². The van der Waals surface area contributed by atoms with E-state index < -0.39 is 0 Å². The average Bonchev–Trinajstić information content (AvgIpc) is 3.31. The molecular formula is C21H25N3O2. The van der Waals surface area contributed by atoms with Gasteiger partial charge in [-0.15, -0.1) is 0 Å². The molecular weight excluding hydrogens is 326 g/mol. The first-order valence-corrected chi connectivity index (χ1v) is 9.68. The Labute approximate surface area is 153 Å². The fraction of sp³-hybridized carbons (Fsp3) is 0.571. The highest BCUT2D eigenvalue weighted by molar-refractivity contribution is 5.73. The van der Waals surface area contributed by atoms with Crippen LogP contribution in [0.2, 0.25) is 0 Å². The number of hydrogen-bond acceptors (Lipinski definition) is 4. The topological polar surface area (TPSA) is 57.0 Å². The van der Waals surface area contributed by atoms with Crippen molar-refractivity contribution in [3.8, 4) is 11.3 Å². The van der Waals surface area contributed by atoms with Crippen LogP contribution in [0.3, 0.4) is 0 Å². The van der Waals surface area contributed by atoms with E-state index in [1.807, 2.05) is 13.0 Å². The normalized spacial score (nSPS) is 29.9. The zero-order chi connectivity index (χ0) is 17.9. The minimum Gasteiger partial charge on any atom is -0.469 e. The van der Waals surface area contributed by atoms with Crippen LogP contribution in [0.25, 0.3) is 11.3 Å². The Kier molecular flexibility index (Phi) is 3.49. The first-order chi connectivity index (χ1) is 12.6. The highest BCUT2D eigenvalue weighted by atomic mass is 16.5. The number of rotatable bonds is 4. The van der Waals surface area contributed by atoms with Crippen molar-refractivity contribution >= 4 is 5.97 Å². The van der Waals surface area contributed by atoms with Gasteiger partial charge in [0.2, 0.25) is 0 Å². The summed E-state index contributed by atoms with van der Waals surface area (Å²) in [6.45, 7) is 2.04. The van der Waals surface area contributed by atoms with Gasteiger partial charge >= 0.3 is 5.97 Å². The van der Waals surface area contributed by atoms with E-state index in [2.05, 4.69) is 23.0 Å². The van der Waals surface area contributed by atoms with Gasteiger partial charge < -0.3 is 4.74 Å². The van der Waals surface area contributed by atoms with Crippen molar-refractivity contribution in [2.24, 2.45) is 11.3 Å². The SMILES string of the molecule is COC(=O)C1CC2(C1)CC(n1cc(-c3cccc(C)n3)c(C3CC3)n1)C2. The summed E-state index contributed by atoms with van der Waals surface area (Å²) in [4.78, 5) is 16.4. The summed E-state index contributed by atoms with van der Waals surface area (Å²) in [5, 5.41) is 4.98. The van der Waals surface area contributed by atoms with E-state index in [1.54, 1.807) is 0 Å². The van der Waals surface area contributed by atoms with Crippen LogP contribution in [0.15, 0.2) is 24.4 Å². The Morgan fingerprint density at radius 2 is 2.00 bits per heavy atom. The standard InChI is InChI=1S/C21H25N3O2/c1-13-4-3-5-18(22-13)17-12-24(23-19(17)14-6-7-14)16-10-21(11-16)8-15(9-21)20(25)26-2/h3-5,12,14-16H,6-11H2,1-2H3. The second-order valence-electron chi connectivity index (χ2n) is 8.54. The zero-order valence-corrected chi connectivity index (χ0v) is 15.4. The highest BCUT2D eigenvalue weighted by Crippen LogP contribution is 2.63. The van der Waals surface area contributed by atoms with Gasteiger partial charge in [-0.3, -0.25) is 14.5 Å². The number of hydrogen-bond donors (Lipinski definition) is 0. The summed E-state index contributed by atoms with van der Waals surface area (Å²) >= 11 is 0. The van der Waals surface area contributed by atoms with Gasteiger partial charge in [-0.1, -0.05) is 6.07 Å². The van der Waals surface area contributed by atoms with Gasteiger partial charge in [0.25, 0.3) is 0 Å². The molecule has 0 atom stereocenters. The van der Waals surface area contributed by atoms with Crippen molar-refractivity contribution < 1.29 is 9.53 Å². The number of nitrogens with zero attached hydrogens (tertiary/aromatic N) is 3. The van der Waals surface area contributed by atoms with Crippen molar-refractivity contribution in [2.75, 3.05) is 7.11 Å². The van der Waals surface area contributed by atoms with Crippen LogP contribution in [0.1, 0.15) is 61.9 Å². The van der Waals surface area contributed by atoms with E-state index in [0.717, 1.165) is 37.1 Å². The minimum atomic E-state index is -0.0398. The van der Waals surface area contributed by atoms with E-state index in [9.17, 15) is 4.79 Å². The predicted octanol–water partition coefficient (Wildman–Crippen LogP) is 4.04. The molecule has 26 heavy (non-hydrogen) atoms. The Morgan fingerprint density at radius 3 is 2.65 bits per heavy atom. The van der Waals surface area contributed by atoms with Gasteiger partial charge in [-0.25, -0.2) is 0 Å². The fourth-order valence-corrected chi connectivity index (χ4v) is 4.92. The van der Waals surface area contributed by atoms with Gasteiger partial charge in [-0.2, -0.15) is 5.10 Å². The minimum absolute atomic E-state index is 0.0398. The van der Waals surface area contributed by atoms with Crippen LogP contribution >= 0.6 is 0 Å². The summed E-state index contributed by atoms with van der Waals surface area (Å²) in [7, 11) is 1.49. The second kappa shape index (κ2) is 5.66.